The third kappa shape index (κ3) is 5.35. The van der Waals surface area contributed by atoms with Gasteiger partial charge in [0.15, 0.2) is 5.60 Å². The Morgan fingerprint density at radius 1 is 1.24 bits per heavy atom. The molecule has 3 atom stereocenters. The number of amides is 1. The van der Waals surface area contributed by atoms with E-state index in [0.29, 0.717) is 6.42 Å². The Labute approximate surface area is 164 Å². The summed E-state index contributed by atoms with van der Waals surface area (Å²) in [6, 6.07) is -0.935. The van der Waals surface area contributed by atoms with Crippen LogP contribution in [0.2, 0.25) is 0 Å². The van der Waals surface area contributed by atoms with E-state index in [0.717, 1.165) is 0 Å². The van der Waals surface area contributed by atoms with Crippen molar-refractivity contribution in [1.29, 1.82) is 0 Å². The molecule has 1 aromatic rings. The molecular formula is C17H23F4N3O5. The Balaban J connectivity index is 1.60. The van der Waals surface area contributed by atoms with Crippen LogP contribution in [0.15, 0.2) is 4.42 Å². The molecule has 0 aromatic carbocycles. The molecule has 0 radical (unpaired) electrons. The third-order valence-electron chi connectivity index (χ3n) is 4.63. The summed E-state index contributed by atoms with van der Waals surface area (Å²) in [6.45, 7) is 4.85. The first kappa shape index (κ1) is 21.8. The minimum atomic E-state index is -4.85. The van der Waals surface area contributed by atoms with Crippen LogP contribution in [-0.4, -0.2) is 47.1 Å². The lowest BCUT2D eigenvalue weighted by molar-refractivity contribution is -0.387. The normalized spacial score (nSPS) is 27.2. The molecule has 1 aliphatic carbocycles. The lowest BCUT2D eigenvalue weighted by atomic mass is 9.80. The van der Waals surface area contributed by atoms with E-state index in [1.165, 1.54) is 0 Å². The average molecular weight is 425 g/mol. The number of ether oxygens (including phenoxy) is 3. The molecule has 1 saturated carbocycles. The van der Waals surface area contributed by atoms with Gasteiger partial charge in [0.25, 0.3) is 0 Å². The van der Waals surface area contributed by atoms with Crippen molar-refractivity contribution in [1.82, 2.24) is 15.5 Å². The molecule has 8 nitrogen and oxygen atoms in total. The Hall–Kier alpha value is -1.95. The summed E-state index contributed by atoms with van der Waals surface area (Å²) in [5.74, 6) is -0.431. The maximum atomic E-state index is 14.5. The molecule has 1 saturated heterocycles. The second-order valence-electron chi connectivity index (χ2n) is 8.17. The van der Waals surface area contributed by atoms with Gasteiger partial charge in [-0.15, -0.1) is 23.4 Å². The van der Waals surface area contributed by atoms with Crippen LogP contribution in [0.4, 0.5) is 22.4 Å². The molecule has 2 aliphatic rings. The summed E-state index contributed by atoms with van der Waals surface area (Å²) in [6.07, 6.45) is -7.56. The molecule has 1 N–H and O–H groups in total. The largest absolute Gasteiger partial charge is 0.523 e. The molecule has 164 valence electrons. The van der Waals surface area contributed by atoms with Gasteiger partial charge in [-0.05, 0) is 40.0 Å². The van der Waals surface area contributed by atoms with Crippen LogP contribution in [0.25, 0.3) is 0 Å². The van der Waals surface area contributed by atoms with E-state index in [1.54, 1.807) is 20.8 Å². The molecule has 2 heterocycles. The average Bonchev–Trinajstić information content (AvgIpc) is 3.00. The molecule has 0 spiro atoms. The number of nitrogens with zero attached hydrogens (tertiary/aromatic N) is 2. The number of carbonyl (C=O) groups is 1. The van der Waals surface area contributed by atoms with Crippen LogP contribution in [0.1, 0.15) is 64.3 Å². The van der Waals surface area contributed by atoms with E-state index < -0.39 is 42.0 Å². The van der Waals surface area contributed by atoms with Crippen LogP contribution in [0.3, 0.4) is 0 Å². The number of hydrogen-bond donors (Lipinski definition) is 1. The lowest BCUT2D eigenvalue weighted by Crippen LogP contribution is -2.49. The van der Waals surface area contributed by atoms with Crippen molar-refractivity contribution in [3.8, 4) is 0 Å². The van der Waals surface area contributed by atoms with Gasteiger partial charge in [-0.2, -0.15) is 0 Å². The Bertz CT molecular complexity index is 729. The summed E-state index contributed by atoms with van der Waals surface area (Å²) in [5, 5.41) is 9.79. The topological polar surface area (TPSA) is 95.7 Å². The third-order valence-corrected chi connectivity index (χ3v) is 4.63. The Morgan fingerprint density at radius 2 is 1.93 bits per heavy atom. The zero-order valence-electron chi connectivity index (χ0n) is 16.2. The van der Waals surface area contributed by atoms with Gasteiger partial charge in [0, 0.05) is 6.42 Å². The van der Waals surface area contributed by atoms with Crippen LogP contribution >= 0.6 is 0 Å². The molecule has 1 aromatic heterocycles. The van der Waals surface area contributed by atoms with Crippen LogP contribution in [0, 0.1) is 0 Å². The van der Waals surface area contributed by atoms with E-state index >= 15 is 0 Å². The summed E-state index contributed by atoms with van der Waals surface area (Å²) in [5.41, 5.74) is -2.43. The fourth-order valence-corrected chi connectivity index (χ4v) is 3.15. The fourth-order valence-electron chi connectivity index (χ4n) is 3.15. The first-order valence-electron chi connectivity index (χ1n) is 9.23. The van der Waals surface area contributed by atoms with E-state index in [1.807, 2.05) is 0 Å². The van der Waals surface area contributed by atoms with Crippen molar-refractivity contribution in [3.05, 3.63) is 11.8 Å². The van der Waals surface area contributed by atoms with Gasteiger partial charge in [0.1, 0.15) is 17.9 Å². The molecule has 1 amide bonds. The quantitative estimate of drug-likeness (QED) is 0.736. The molecule has 0 bridgehead atoms. The van der Waals surface area contributed by atoms with Gasteiger partial charge in [-0.3, -0.25) is 4.74 Å². The van der Waals surface area contributed by atoms with Crippen molar-refractivity contribution in [2.45, 2.75) is 82.3 Å². The first-order valence-corrected chi connectivity index (χ1v) is 9.23. The van der Waals surface area contributed by atoms with Crippen molar-refractivity contribution < 1.29 is 41.0 Å². The van der Waals surface area contributed by atoms with E-state index in [9.17, 15) is 22.4 Å². The highest BCUT2D eigenvalue weighted by Crippen LogP contribution is 2.48. The fraction of sp³-hybridized carbons (Fsp3) is 0.824. The highest BCUT2D eigenvalue weighted by atomic mass is 19.4. The SMILES string of the molecule is CC(C)(C)OC(=O)N[C@H]1CO[C@H](c2nnc(C3(OC(F)(F)F)CCC3)o2)C[C@@H]1F. The van der Waals surface area contributed by atoms with Gasteiger partial charge in [0.2, 0.25) is 11.8 Å². The number of rotatable bonds is 4. The van der Waals surface area contributed by atoms with E-state index in [-0.39, 0.29) is 37.7 Å². The summed E-state index contributed by atoms with van der Waals surface area (Å²) in [4.78, 5) is 11.8. The van der Waals surface area contributed by atoms with Gasteiger partial charge in [-0.1, -0.05) is 0 Å². The zero-order chi connectivity index (χ0) is 21.4. The van der Waals surface area contributed by atoms with Crippen molar-refractivity contribution in [2.75, 3.05) is 6.61 Å². The van der Waals surface area contributed by atoms with Gasteiger partial charge in [0.05, 0.1) is 12.6 Å². The number of halogens is 4. The highest BCUT2D eigenvalue weighted by Gasteiger charge is 2.53. The maximum absolute atomic E-state index is 14.5. The molecule has 12 heteroatoms. The van der Waals surface area contributed by atoms with E-state index in [4.69, 9.17) is 13.9 Å². The zero-order valence-corrected chi connectivity index (χ0v) is 16.2. The second-order valence-corrected chi connectivity index (χ2v) is 8.17. The molecule has 1 aliphatic heterocycles. The molecular weight excluding hydrogens is 402 g/mol. The van der Waals surface area contributed by atoms with E-state index in [2.05, 4.69) is 20.3 Å². The molecule has 3 rings (SSSR count). The van der Waals surface area contributed by atoms with Crippen molar-refractivity contribution in [2.24, 2.45) is 0 Å². The number of aromatic nitrogens is 2. The predicted molar refractivity (Wildman–Crippen MR) is 88.3 cm³/mol. The van der Waals surface area contributed by atoms with Crippen molar-refractivity contribution in [3.63, 3.8) is 0 Å². The smallest absolute Gasteiger partial charge is 0.444 e. The predicted octanol–water partition coefficient (Wildman–Crippen LogP) is 3.68. The summed E-state index contributed by atoms with van der Waals surface area (Å²) >= 11 is 0. The Morgan fingerprint density at radius 3 is 2.45 bits per heavy atom. The second kappa shape index (κ2) is 7.71. The summed E-state index contributed by atoms with van der Waals surface area (Å²) in [7, 11) is 0. The molecule has 29 heavy (non-hydrogen) atoms. The highest BCUT2D eigenvalue weighted by molar-refractivity contribution is 5.68. The monoisotopic (exact) mass is 425 g/mol. The number of hydrogen-bond acceptors (Lipinski definition) is 7. The first-order chi connectivity index (χ1) is 13.4. The van der Waals surface area contributed by atoms with Crippen molar-refractivity contribution >= 4 is 6.09 Å². The van der Waals surface area contributed by atoms with Gasteiger partial charge < -0.3 is 19.2 Å². The van der Waals surface area contributed by atoms with Crippen LogP contribution in [-0.2, 0) is 19.8 Å². The number of carbonyl (C=O) groups excluding carboxylic acids is 1. The maximum Gasteiger partial charge on any atom is 0.523 e. The molecule has 0 unspecified atom stereocenters. The standard InChI is InChI=1S/C17H23F4N3O5/c1-15(2,3)28-14(25)22-10-8-26-11(7-9(10)18)12-23-24-13(27-12)16(5-4-6-16)29-17(19,20)21/h9-11H,4-8H2,1-3H3,(H,22,25)/t9-,10-,11-/m0/s1. The van der Waals surface area contributed by atoms with Crippen LogP contribution in [0.5, 0.6) is 0 Å². The summed E-state index contributed by atoms with van der Waals surface area (Å²) < 4.78 is 72.7. The number of alkyl carbamates (subject to hydrolysis) is 1. The molecule has 2 fully saturated rings. The lowest BCUT2D eigenvalue weighted by Gasteiger charge is -2.38. The number of nitrogens with one attached hydrogen (secondary N) is 1. The van der Waals surface area contributed by atoms with Gasteiger partial charge in [-0.25, -0.2) is 9.18 Å². The van der Waals surface area contributed by atoms with Gasteiger partial charge >= 0.3 is 12.5 Å². The minimum absolute atomic E-state index is 0.0906. The number of alkyl halides is 4. The van der Waals surface area contributed by atoms with Crippen LogP contribution < -0.4 is 5.32 Å². The Kier molecular flexibility index (Phi) is 5.78. The minimum Gasteiger partial charge on any atom is -0.444 e.